The first-order valence-electron chi connectivity index (χ1n) is 5.26. The molecule has 0 unspecified atom stereocenters. The molecule has 0 atom stereocenters. The lowest BCUT2D eigenvalue weighted by Gasteiger charge is -2.20. The SMILES string of the molecule is CNCC(F)(F)c1ccccc1SC(C)C. The van der Waals surface area contributed by atoms with Crippen LogP contribution >= 0.6 is 11.8 Å². The minimum Gasteiger partial charge on any atom is -0.314 e. The van der Waals surface area contributed by atoms with E-state index < -0.39 is 5.92 Å². The average molecular weight is 245 g/mol. The summed E-state index contributed by atoms with van der Waals surface area (Å²) in [6.45, 7) is 3.66. The molecule has 0 radical (unpaired) electrons. The van der Waals surface area contributed by atoms with Gasteiger partial charge in [-0.1, -0.05) is 32.0 Å². The van der Waals surface area contributed by atoms with Crippen molar-refractivity contribution < 1.29 is 8.78 Å². The van der Waals surface area contributed by atoms with Gasteiger partial charge in [0.05, 0.1) is 6.54 Å². The van der Waals surface area contributed by atoms with Crippen LogP contribution in [0.3, 0.4) is 0 Å². The number of alkyl halides is 2. The van der Waals surface area contributed by atoms with Crippen LogP contribution in [0.4, 0.5) is 8.78 Å². The Labute approximate surface area is 99.6 Å². The van der Waals surface area contributed by atoms with Crippen molar-refractivity contribution in [3.05, 3.63) is 29.8 Å². The Kier molecular flexibility index (Phi) is 4.74. The summed E-state index contributed by atoms with van der Waals surface area (Å²) in [7, 11) is 1.53. The summed E-state index contributed by atoms with van der Waals surface area (Å²) in [5, 5.41) is 2.83. The number of hydrogen-bond donors (Lipinski definition) is 1. The first-order chi connectivity index (χ1) is 7.47. The summed E-state index contributed by atoms with van der Waals surface area (Å²) < 4.78 is 27.6. The molecule has 0 aliphatic rings. The van der Waals surface area contributed by atoms with Gasteiger partial charge >= 0.3 is 0 Å². The predicted octanol–water partition coefficient (Wildman–Crippen LogP) is 3.50. The lowest BCUT2D eigenvalue weighted by molar-refractivity contribution is -0.00393. The van der Waals surface area contributed by atoms with E-state index in [0.717, 1.165) is 0 Å². The predicted molar refractivity (Wildman–Crippen MR) is 65.3 cm³/mol. The van der Waals surface area contributed by atoms with Gasteiger partial charge in [-0.2, -0.15) is 8.78 Å². The Morgan fingerprint density at radius 3 is 2.50 bits per heavy atom. The van der Waals surface area contributed by atoms with E-state index in [-0.39, 0.29) is 12.1 Å². The highest BCUT2D eigenvalue weighted by Gasteiger charge is 2.33. The summed E-state index contributed by atoms with van der Waals surface area (Å²) in [4.78, 5) is 0.665. The van der Waals surface area contributed by atoms with E-state index in [2.05, 4.69) is 5.32 Å². The molecule has 0 saturated carbocycles. The molecule has 1 aromatic rings. The van der Waals surface area contributed by atoms with Gasteiger partial charge in [0, 0.05) is 15.7 Å². The molecule has 0 amide bonds. The van der Waals surface area contributed by atoms with E-state index >= 15 is 0 Å². The fourth-order valence-corrected chi connectivity index (χ4v) is 2.45. The zero-order valence-corrected chi connectivity index (χ0v) is 10.6. The van der Waals surface area contributed by atoms with Crippen LogP contribution in [0.15, 0.2) is 29.2 Å². The second kappa shape index (κ2) is 5.64. The van der Waals surface area contributed by atoms with Crippen LogP contribution in [0.5, 0.6) is 0 Å². The molecule has 0 bridgehead atoms. The summed E-state index contributed by atoms with van der Waals surface area (Å²) in [6.07, 6.45) is 0. The topological polar surface area (TPSA) is 12.0 Å². The molecule has 1 N–H and O–H groups in total. The van der Waals surface area contributed by atoms with E-state index in [4.69, 9.17) is 0 Å². The van der Waals surface area contributed by atoms with E-state index in [0.29, 0.717) is 10.1 Å². The Morgan fingerprint density at radius 1 is 1.31 bits per heavy atom. The van der Waals surface area contributed by atoms with Crippen LogP contribution in [-0.4, -0.2) is 18.8 Å². The summed E-state index contributed by atoms with van der Waals surface area (Å²) >= 11 is 1.47. The van der Waals surface area contributed by atoms with Gasteiger partial charge < -0.3 is 5.32 Å². The maximum absolute atomic E-state index is 13.8. The van der Waals surface area contributed by atoms with E-state index in [1.165, 1.54) is 24.9 Å². The van der Waals surface area contributed by atoms with Crippen molar-refractivity contribution in [3.8, 4) is 0 Å². The molecule has 0 aliphatic carbocycles. The highest BCUT2D eigenvalue weighted by atomic mass is 32.2. The molecule has 0 spiro atoms. The van der Waals surface area contributed by atoms with E-state index in [1.807, 2.05) is 13.8 Å². The van der Waals surface area contributed by atoms with Crippen molar-refractivity contribution in [2.45, 2.75) is 29.9 Å². The fraction of sp³-hybridized carbons (Fsp3) is 0.500. The van der Waals surface area contributed by atoms with Crippen molar-refractivity contribution in [2.24, 2.45) is 0 Å². The molecule has 90 valence electrons. The summed E-state index contributed by atoms with van der Waals surface area (Å²) in [6, 6.07) is 6.71. The molecule has 0 saturated heterocycles. The second-order valence-corrected chi connectivity index (χ2v) is 5.52. The van der Waals surface area contributed by atoms with Crippen molar-refractivity contribution >= 4 is 11.8 Å². The third-order valence-electron chi connectivity index (χ3n) is 2.04. The third-order valence-corrected chi connectivity index (χ3v) is 3.12. The van der Waals surface area contributed by atoms with Crippen LogP contribution in [0.2, 0.25) is 0 Å². The highest BCUT2D eigenvalue weighted by Crippen LogP contribution is 2.36. The van der Waals surface area contributed by atoms with Gasteiger partial charge in [0.2, 0.25) is 0 Å². The molecule has 4 heteroatoms. The lowest BCUT2D eigenvalue weighted by atomic mass is 10.1. The third kappa shape index (κ3) is 3.46. The highest BCUT2D eigenvalue weighted by molar-refractivity contribution is 8.00. The molecule has 16 heavy (non-hydrogen) atoms. The summed E-state index contributed by atoms with van der Waals surface area (Å²) in [5.41, 5.74) is 0.114. The van der Waals surface area contributed by atoms with Gasteiger partial charge in [0.25, 0.3) is 5.92 Å². The maximum atomic E-state index is 13.8. The van der Waals surface area contributed by atoms with Gasteiger partial charge in [0.1, 0.15) is 0 Å². The van der Waals surface area contributed by atoms with Gasteiger partial charge in [-0.15, -0.1) is 11.8 Å². The molecule has 1 aromatic carbocycles. The van der Waals surface area contributed by atoms with Crippen LogP contribution < -0.4 is 5.32 Å². The molecular formula is C12H17F2NS. The molecular weight excluding hydrogens is 228 g/mol. The number of benzene rings is 1. The number of rotatable bonds is 5. The zero-order chi connectivity index (χ0) is 12.2. The van der Waals surface area contributed by atoms with Crippen molar-refractivity contribution in [2.75, 3.05) is 13.6 Å². The second-order valence-electron chi connectivity index (χ2n) is 3.90. The number of nitrogens with one attached hydrogen (secondary N) is 1. The van der Waals surface area contributed by atoms with Crippen molar-refractivity contribution in [1.29, 1.82) is 0 Å². The van der Waals surface area contributed by atoms with E-state index in [1.54, 1.807) is 18.2 Å². The first kappa shape index (κ1) is 13.5. The van der Waals surface area contributed by atoms with E-state index in [9.17, 15) is 8.78 Å². The van der Waals surface area contributed by atoms with Gasteiger partial charge in [-0.05, 0) is 13.1 Å². The van der Waals surface area contributed by atoms with Gasteiger partial charge in [-0.3, -0.25) is 0 Å². The van der Waals surface area contributed by atoms with Gasteiger partial charge in [-0.25, -0.2) is 0 Å². The molecule has 0 heterocycles. The van der Waals surface area contributed by atoms with Crippen LogP contribution in [0.25, 0.3) is 0 Å². The number of hydrogen-bond acceptors (Lipinski definition) is 2. The van der Waals surface area contributed by atoms with Crippen molar-refractivity contribution in [3.63, 3.8) is 0 Å². The van der Waals surface area contributed by atoms with Gasteiger partial charge in [0.15, 0.2) is 0 Å². The number of likely N-dealkylation sites (N-methyl/N-ethyl adjacent to an activating group) is 1. The smallest absolute Gasteiger partial charge is 0.286 e. The van der Waals surface area contributed by atoms with Crippen molar-refractivity contribution in [1.82, 2.24) is 5.32 Å². The minimum atomic E-state index is -2.81. The van der Waals surface area contributed by atoms with Crippen LogP contribution in [-0.2, 0) is 5.92 Å². The Morgan fingerprint density at radius 2 is 1.94 bits per heavy atom. The first-order valence-corrected chi connectivity index (χ1v) is 6.14. The monoisotopic (exact) mass is 245 g/mol. The molecule has 0 fully saturated rings. The molecule has 0 aliphatic heterocycles. The number of halogens is 2. The largest absolute Gasteiger partial charge is 0.314 e. The van der Waals surface area contributed by atoms with Crippen LogP contribution in [0, 0.1) is 0 Å². The normalized spacial score (nSPS) is 12.1. The molecule has 0 aromatic heterocycles. The Balaban J connectivity index is 3.02. The number of thioether (sulfide) groups is 1. The fourth-order valence-electron chi connectivity index (χ4n) is 1.44. The standard InChI is InChI=1S/C12H17F2NS/c1-9(2)16-11-7-5-4-6-10(11)12(13,14)8-15-3/h4-7,9,15H,8H2,1-3H3. The minimum absolute atomic E-state index is 0.114. The average Bonchev–Trinajstić information content (AvgIpc) is 2.17. The molecule has 1 nitrogen and oxygen atoms in total. The maximum Gasteiger partial charge on any atom is 0.286 e. The quantitative estimate of drug-likeness (QED) is 0.797. The Bertz CT molecular complexity index is 340. The lowest BCUT2D eigenvalue weighted by Crippen LogP contribution is -2.28. The van der Waals surface area contributed by atoms with Crippen LogP contribution in [0.1, 0.15) is 19.4 Å². The molecule has 1 rings (SSSR count). The summed E-state index contributed by atoms with van der Waals surface area (Å²) in [5.74, 6) is -2.81. The zero-order valence-electron chi connectivity index (χ0n) is 9.76. The Hall–Kier alpha value is -0.610.